The lowest BCUT2D eigenvalue weighted by Crippen LogP contribution is -2.29. The normalized spacial score (nSPS) is 14.8. The lowest BCUT2D eigenvalue weighted by Gasteiger charge is -2.17. The zero-order chi connectivity index (χ0) is 9.40. The van der Waals surface area contributed by atoms with Crippen molar-refractivity contribution >= 4 is 0 Å². The topological polar surface area (TPSA) is 38.7 Å². The Labute approximate surface area is 73.3 Å². The van der Waals surface area contributed by atoms with E-state index < -0.39 is 6.10 Å². The van der Waals surface area contributed by atoms with E-state index in [0.29, 0.717) is 6.61 Å². The largest absolute Gasteiger partial charge is 0.499 e. The van der Waals surface area contributed by atoms with Crippen molar-refractivity contribution in [2.45, 2.75) is 19.1 Å². The van der Waals surface area contributed by atoms with Crippen LogP contribution in [0.5, 0.6) is 0 Å². The number of hydrogen-bond acceptors (Lipinski definition) is 3. The zero-order valence-corrected chi connectivity index (χ0v) is 7.40. The predicted molar refractivity (Wildman–Crippen MR) is 47.8 cm³/mol. The highest BCUT2D eigenvalue weighted by Crippen LogP contribution is 1.99. The van der Waals surface area contributed by atoms with Gasteiger partial charge in [0.1, 0.15) is 12.7 Å². The van der Waals surface area contributed by atoms with Crippen molar-refractivity contribution in [1.82, 2.24) is 0 Å². The first-order valence-corrected chi connectivity index (χ1v) is 3.85. The molecular formula is C9H16O3. The summed E-state index contributed by atoms with van der Waals surface area (Å²) in [6.45, 7) is 9.29. The van der Waals surface area contributed by atoms with Gasteiger partial charge in [0.2, 0.25) is 0 Å². The molecule has 0 saturated heterocycles. The third-order valence-electron chi connectivity index (χ3n) is 1.40. The van der Waals surface area contributed by atoms with Gasteiger partial charge in [-0.3, -0.25) is 0 Å². The molecule has 3 heteroatoms. The van der Waals surface area contributed by atoms with E-state index in [1.54, 1.807) is 13.0 Å². The van der Waals surface area contributed by atoms with Crippen LogP contribution in [0.3, 0.4) is 0 Å². The Morgan fingerprint density at radius 1 is 1.50 bits per heavy atom. The van der Waals surface area contributed by atoms with Crippen LogP contribution in [0.15, 0.2) is 25.5 Å². The molecule has 2 atom stereocenters. The molecule has 0 aromatic carbocycles. The molecule has 0 radical (unpaired) electrons. The van der Waals surface area contributed by atoms with E-state index in [1.807, 2.05) is 0 Å². The van der Waals surface area contributed by atoms with Crippen LogP contribution in [0.1, 0.15) is 6.92 Å². The summed E-state index contributed by atoms with van der Waals surface area (Å²) < 4.78 is 9.97. The molecule has 0 aliphatic rings. The van der Waals surface area contributed by atoms with Gasteiger partial charge in [-0.05, 0) is 6.92 Å². The van der Waals surface area contributed by atoms with Gasteiger partial charge in [-0.1, -0.05) is 12.7 Å². The fourth-order valence-electron chi connectivity index (χ4n) is 0.633. The highest BCUT2D eigenvalue weighted by Gasteiger charge is 2.13. The number of aliphatic hydroxyl groups excluding tert-OH is 1. The Morgan fingerprint density at radius 3 is 2.67 bits per heavy atom. The maximum absolute atomic E-state index is 9.34. The zero-order valence-electron chi connectivity index (χ0n) is 7.40. The van der Waals surface area contributed by atoms with Crippen LogP contribution < -0.4 is 0 Å². The second-order valence-corrected chi connectivity index (χ2v) is 2.39. The van der Waals surface area contributed by atoms with Gasteiger partial charge in [0, 0.05) is 0 Å². The van der Waals surface area contributed by atoms with E-state index in [2.05, 4.69) is 13.2 Å². The number of ether oxygens (including phenoxy) is 2. The summed E-state index contributed by atoms with van der Waals surface area (Å²) in [5.74, 6) is 0. The number of hydrogen-bond donors (Lipinski definition) is 1. The minimum Gasteiger partial charge on any atom is -0.499 e. The second kappa shape index (κ2) is 6.88. The summed E-state index contributed by atoms with van der Waals surface area (Å²) in [5.41, 5.74) is 0. The third-order valence-corrected chi connectivity index (χ3v) is 1.40. The van der Waals surface area contributed by atoms with Gasteiger partial charge >= 0.3 is 0 Å². The molecule has 12 heavy (non-hydrogen) atoms. The molecule has 0 aromatic rings. The molecule has 0 heterocycles. The van der Waals surface area contributed by atoms with Crippen LogP contribution in [0.2, 0.25) is 0 Å². The van der Waals surface area contributed by atoms with E-state index in [1.165, 1.54) is 6.26 Å². The summed E-state index contributed by atoms with van der Waals surface area (Å²) in [6.07, 6.45) is 2.06. The first-order chi connectivity index (χ1) is 5.72. The molecule has 0 amide bonds. The SMILES string of the molecule is C=CCOC(C)C(O)COC=C. The van der Waals surface area contributed by atoms with E-state index in [4.69, 9.17) is 9.47 Å². The average molecular weight is 172 g/mol. The highest BCUT2D eigenvalue weighted by atomic mass is 16.5. The van der Waals surface area contributed by atoms with Crippen molar-refractivity contribution < 1.29 is 14.6 Å². The molecule has 70 valence electrons. The van der Waals surface area contributed by atoms with Gasteiger partial charge in [0.25, 0.3) is 0 Å². The maximum atomic E-state index is 9.34. The van der Waals surface area contributed by atoms with Crippen molar-refractivity contribution in [1.29, 1.82) is 0 Å². The van der Waals surface area contributed by atoms with Crippen LogP contribution in [-0.4, -0.2) is 30.5 Å². The second-order valence-electron chi connectivity index (χ2n) is 2.39. The van der Waals surface area contributed by atoms with Gasteiger partial charge in [-0.25, -0.2) is 0 Å². The number of aliphatic hydroxyl groups is 1. The average Bonchev–Trinajstić information content (AvgIpc) is 2.10. The molecule has 0 aromatic heterocycles. The Kier molecular flexibility index (Phi) is 6.42. The molecule has 3 nitrogen and oxygen atoms in total. The van der Waals surface area contributed by atoms with Gasteiger partial charge in [0.05, 0.1) is 19.0 Å². The summed E-state index contributed by atoms with van der Waals surface area (Å²) in [4.78, 5) is 0. The first kappa shape index (κ1) is 11.2. The van der Waals surface area contributed by atoms with Crippen LogP contribution in [-0.2, 0) is 9.47 Å². The van der Waals surface area contributed by atoms with Gasteiger partial charge in [0.15, 0.2) is 0 Å². The van der Waals surface area contributed by atoms with Crippen molar-refractivity contribution in [3.8, 4) is 0 Å². The Hall–Kier alpha value is -0.800. The molecule has 0 rings (SSSR count). The Balaban J connectivity index is 3.52. The summed E-state index contributed by atoms with van der Waals surface area (Å²) >= 11 is 0. The molecule has 0 saturated carbocycles. The molecular weight excluding hydrogens is 156 g/mol. The highest BCUT2D eigenvalue weighted by molar-refractivity contribution is 4.69. The smallest absolute Gasteiger partial charge is 0.116 e. The van der Waals surface area contributed by atoms with Gasteiger partial charge < -0.3 is 14.6 Å². The van der Waals surface area contributed by atoms with Crippen LogP contribution >= 0.6 is 0 Å². The predicted octanol–water partition coefficient (Wildman–Crippen LogP) is 1.10. The molecule has 2 unspecified atom stereocenters. The van der Waals surface area contributed by atoms with Gasteiger partial charge in [-0.2, -0.15) is 0 Å². The van der Waals surface area contributed by atoms with E-state index in [9.17, 15) is 5.11 Å². The molecule has 0 aliphatic heterocycles. The van der Waals surface area contributed by atoms with Crippen molar-refractivity contribution in [3.63, 3.8) is 0 Å². The molecule has 1 N–H and O–H groups in total. The van der Waals surface area contributed by atoms with Gasteiger partial charge in [-0.15, -0.1) is 6.58 Å². The standard InChI is InChI=1S/C9H16O3/c1-4-6-12-8(3)9(10)7-11-5-2/h4-5,8-10H,1-2,6-7H2,3H3. The van der Waals surface area contributed by atoms with E-state index in [0.717, 1.165) is 0 Å². The lowest BCUT2D eigenvalue weighted by atomic mass is 10.2. The van der Waals surface area contributed by atoms with Crippen LogP contribution in [0.4, 0.5) is 0 Å². The van der Waals surface area contributed by atoms with Crippen molar-refractivity contribution in [2.24, 2.45) is 0 Å². The monoisotopic (exact) mass is 172 g/mol. The lowest BCUT2D eigenvalue weighted by molar-refractivity contribution is -0.0417. The Bertz CT molecular complexity index is 118. The minimum atomic E-state index is -0.622. The minimum absolute atomic E-state index is 0.210. The summed E-state index contributed by atoms with van der Waals surface area (Å²) in [6, 6.07) is 0. The number of rotatable bonds is 7. The molecule has 0 spiro atoms. The molecule has 0 aliphatic carbocycles. The quantitative estimate of drug-likeness (QED) is 0.461. The first-order valence-electron chi connectivity index (χ1n) is 3.85. The van der Waals surface area contributed by atoms with Crippen molar-refractivity contribution in [3.05, 3.63) is 25.5 Å². The van der Waals surface area contributed by atoms with E-state index >= 15 is 0 Å². The fraction of sp³-hybridized carbons (Fsp3) is 0.556. The van der Waals surface area contributed by atoms with Crippen LogP contribution in [0.25, 0.3) is 0 Å². The summed E-state index contributed by atoms with van der Waals surface area (Å²) in [5, 5.41) is 9.34. The third kappa shape index (κ3) is 4.93. The summed E-state index contributed by atoms with van der Waals surface area (Å²) in [7, 11) is 0. The molecule has 0 fully saturated rings. The maximum Gasteiger partial charge on any atom is 0.116 e. The van der Waals surface area contributed by atoms with Crippen LogP contribution in [0, 0.1) is 0 Å². The van der Waals surface area contributed by atoms with E-state index in [-0.39, 0.29) is 12.7 Å². The molecule has 0 bridgehead atoms. The van der Waals surface area contributed by atoms with Crippen molar-refractivity contribution in [2.75, 3.05) is 13.2 Å². The Morgan fingerprint density at radius 2 is 2.17 bits per heavy atom. The fourth-order valence-corrected chi connectivity index (χ4v) is 0.633.